The van der Waals surface area contributed by atoms with Gasteiger partial charge in [-0.2, -0.15) is 0 Å². The van der Waals surface area contributed by atoms with Crippen LogP contribution in [0.25, 0.3) is 0 Å². The molecule has 0 bridgehead atoms. The smallest absolute Gasteiger partial charge is 0.326 e. The van der Waals surface area contributed by atoms with Gasteiger partial charge in [0.2, 0.25) is 5.91 Å². The lowest BCUT2D eigenvalue weighted by molar-refractivity contribution is -0.143. The third-order valence-corrected chi connectivity index (χ3v) is 3.25. The molecular weight excluding hydrogens is 266 g/mol. The fourth-order valence-electron chi connectivity index (χ4n) is 1.84. The van der Waals surface area contributed by atoms with Crippen molar-refractivity contribution in [3.8, 4) is 0 Å². The first-order valence-corrected chi connectivity index (χ1v) is 6.22. The number of nitrogens with one attached hydrogen (secondary N) is 2. The molecule has 0 spiro atoms. The Hall–Kier alpha value is -2.12. The average Bonchev–Trinajstić information content (AvgIpc) is 2.48. The van der Waals surface area contributed by atoms with Gasteiger partial charge in [-0.3, -0.25) is 14.9 Å². The molecule has 20 heavy (non-hydrogen) atoms. The topological polar surface area (TPSA) is 116 Å². The molecule has 8 nitrogen and oxygen atoms in total. The van der Waals surface area contributed by atoms with E-state index in [0.717, 1.165) is 4.90 Å². The van der Waals surface area contributed by atoms with Crippen molar-refractivity contribution in [1.82, 2.24) is 15.5 Å². The largest absolute Gasteiger partial charge is 0.480 e. The minimum Gasteiger partial charge on any atom is -0.480 e. The Balaban J connectivity index is 2.74. The minimum absolute atomic E-state index is 0.293. The summed E-state index contributed by atoms with van der Waals surface area (Å²) in [5.41, 5.74) is -1.13. The maximum absolute atomic E-state index is 11.9. The summed E-state index contributed by atoms with van der Waals surface area (Å²) in [4.78, 5) is 47.0. The van der Waals surface area contributed by atoms with Crippen molar-refractivity contribution in [2.75, 3.05) is 6.54 Å². The summed E-state index contributed by atoms with van der Waals surface area (Å²) in [6.07, 6.45) is 0. The van der Waals surface area contributed by atoms with Crippen molar-refractivity contribution in [2.24, 2.45) is 5.92 Å². The van der Waals surface area contributed by atoms with Gasteiger partial charge in [0.1, 0.15) is 18.1 Å². The van der Waals surface area contributed by atoms with Crippen molar-refractivity contribution in [2.45, 2.75) is 39.3 Å². The Morgan fingerprint density at radius 1 is 1.35 bits per heavy atom. The summed E-state index contributed by atoms with van der Waals surface area (Å²) < 4.78 is 0. The average molecular weight is 285 g/mol. The Labute approximate surface area is 116 Å². The molecule has 0 saturated carbocycles. The van der Waals surface area contributed by atoms with Crippen molar-refractivity contribution >= 4 is 23.8 Å². The van der Waals surface area contributed by atoms with E-state index in [0.29, 0.717) is 0 Å². The lowest BCUT2D eigenvalue weighted by Gasteiger charge is -2.28. The SMILES string of the molecule is CC(C)[C@H](NC(=O)CN1C(=O)NC(=O)C1(C)C)C(=O)O. The van der Waals surface area contributed by atoms with Crippen LogP contribution in [0.15, 0.2) is 0 Å². The fourth-order valence-corrected chi connectivity index (χ4v) is 1.84. The van der Waals surface area contributed by atoms with Crippen LogP contribution in [0.3, 0.4) is 0 Å². The number of carbonyl (C=O) groups excluding carboxylic acids is 3. The Morgan fingerprint density at radius 2 is 1.90 bits per heavy atom. The molecule has 112 valence electrons. The monoisotopic (exact) mass is 285 g/mol. The molecular formula is C12H19N3O5. The van der Waals surface area contributed by atoms with Gasteiger partial charge in [-0.15, -0.1) is 0 Å². The number of nitrogens with zero attached hydrogens (tertiary/aromatic N) is 1. The number of hydrogen-bond donors (Lipinski definition) is 3. The quantitative estimate of drug-likeness (QED) is 0.591. The molecule has 4 amide bonds. The standard InChI is InChI=1S/C12H19N3O5/c1-6(2)8(9(17)18)13-7(16)5-15-11(20)14-10(19)12(15,3)4/h6,8H,5H2,1-4H3,(H,13,16)(H,17,18)(H,14,19,20)/t8-/m0/s1. The van der Waals surface area contributed by atoms with E-state index in [1.165, 1.54) is 13.8 Å². The Kier molecular flexibility index (Phi) is 4.36. The fraction of sp³-hybridized carbons (Fsp3) is 0.667. The second-order valence-corrected chi connectivity index (χ2v) is 5.53. The number of amides is 4. The van der Waals surface area contributed by atoms with Crippen LogP contribution in [0.4, 0.5) is 4.79 Å². The first kappa shape index (κ1) is 15.9. The summed E-state index contributed by atoms with van der Waals surface area (Å²) in [6, 6.07) is -1.70. The molecule has 0 unspecified atom stereocenters. The normalized spacial score (nSPS) is 18.9. The van der Waals surface area contributed by atoms with Crippen LogP contribution in [0, 0.1) is 5.92 Å². The van der Waals surface area contributed by atoms with E-state index >= 15 is 0 Å². The van der Waals surface area contributed by atoms with Crippen LogP contribution in [0.2, 0.25) is 0 Å². The highest BCUT2D eigenvalue weighted by molar-refractivity contribution is 6.07. The highest BCUT2D eigenvalue weighted by atomic mass is 16.4. The highest BCUT2D eigenvalue weighted by Crippen LogP contribution is 2.20. The summed E-state index contributed by atoms with van der Waals surface area (Å²) in [6.45, 7) is 5.97. The van der Waals surface area contributed by atoms with Gasteiger partial charge in [0, 0.05) is 0 Å². The van der Waals surface area contributed by atoms with Crippen LogP contribution in [0.1, 0.15) is 27.7 Å². The van der Waals surface area contributed by atoms with Crippen molar-refractivity contribution in [3.63, 3.8) is 0 Å². The summed E-state index contributed by atoms with van der Waals surface area (Å²) in [5, 5.41) is 13.4. The van der Waals surface area contributed by atoms with E-state index in [9.17, 15) is 19.2 Å². The van der Waals surface area contributed by atoms with E-state index in [1.54, 1.807) is 13.8 Å². The van der Waals surface area contributed by atoms with E-state index in [4.69, 9.17) is 5.11 Å². The first-order chi connectivity index (χ1) is 9.07. The molecule has 3 N–H and O–H groups in total. The van der Waals surface area contributed by atoms with Crippen LogP contribution in [-0.4, -0.2) is 51.9 Å². The zero-order valence-corrected chi connectivity index (χ0v) is 11.9. The zero-order valence-electron chi connectivity index (χ0n) is 11.9. The van der Waals surface area contributed by atoms with Gasteiger partial charge in [0.05, 0.1) is 0 Å². The number of carboxylic acids is 1. The van der Waals surface area contributed by atoms with E-state index in [2.05, 4.69) is 10.6 Å². The number of carbonyl (C=O) groups is 4. The summed E-state index contributed by atoms with van der Waals surface area (Å²) >= 11 is 0. The maximum Gasteiger partial charge on any atom is 0.326 e. The molecule has 1 saturated heterocycles. The minimum atomic E-state index is -1.14. The number of aliphatic carboxylic acids is 1. The first-order valence-electron chi connectivity index (χ1n) is 6.22. The predicted octanol–water partition coefficient (Wildman–Crippen LogP) is -0.458. The van der Waals surface area contributed by atoms with Crippen LogP contribution in [0.5, 0.6) is 0 Å². The number of rotatable bonds is 5. The van der Waals surface area contributed by atoms with Crippen LogP contribution < -0.4 is 10.6 Å². The van der Waals surface area contributed by atoms with E-state index in [1.807, 2.05) is 0 Å². The molecule has 1 fully saturated rings. The van der Waals surface area contributed by atoms with Gasteiger partial charge < -0.3 is 15.3 Å². The summed E-state index contributed by atoms with van der Waals surface area (Å²) in [5.74, 6) is -2.55. The van der Waals surface area contributed by atoms with Crippen LogP contribution in [-0.2, 0) is 14.4 Å². The molecule has 1 aliphatic rings. The number of imide groups is 1. The van der Waals surface area contributed by atoms with E-state index < -0.39 is 35.4 Å². The molecule has 0 aromatic heterocycles. The van der Waals surface area contributed by atoms with Gasteiger partial charge in [-0.05, 0) is 19.8 Å². The number of urea groups is 1. The van der Waals surface area contributed by atoms with E-state index in [-0.39, 0.29) is 12.5 Å². The molecule has 0 aromatic carbocycles. The van der Waals surface area contributed by atoms with Crippen LogP contribution >= 0.6 is 0 Å². The van der Waals surface area contributed by atoms with Gasteiger partial charge in [0.25, 0.3) is 5.91 Å². The molecule has 1 aliphatic heterocycles. The van der Waals surface area contributed by atoms with Gasteiger partial charge in [0.15, 0.2) is 0 Å². The zero-order chi connectivity index (χ0) is 15.7. The second kappa shape index (κ2) is 5.48. The maximum atomic E-state index is 11.9. The number of carboxylic acid groups (broad SMARTS) is 1. The second-order valence-electron chi connectivity index (χ2n) is 5.53. The van der Waals surface area contributed by atoms with Gasteiger partial charge >= 0.3 is 12.0 Å². The van der Waals surface area contributed by atoms with Gasteiger partial charge in [-0.25, -0.2) is 9.59 Å². The lowest BCUT2D eigenvalue weighted by atomic mass is 10.0. The Bertz CT molecular complexity index is 458. The third kappa shape index (κ3) is 3.06. The molecule has 1 rings (SSSR count). The molecule has 1 atom stereocenters. The predicted molar refractivity (Wildman–Crippen MR) is 68.7 cm³/mol. The molecule has 0 radical (unpaired) electrons. The summed E-state index contributed by atoms with van der Waals surface area (Å²) in [7, 11) is 0. The molecule has 0 aliphatic carbocycles. The van der Waals surface area contributed by atoms with Gasteiger partial charge in [-0.1, -0.05) is 13.8 Å². The Morgan fingerprint density at radius 3 is 2.25 bits per heavy atom. The third-order valence-electron chi connectivity index (χ3n) is 3.25. The molecule has 0 aromatic rings. The lowest BCUT2D eigenvalue weighted by Crippen LogP contribution is -2.52. The number of hydrogen-bond acceptors (Lipinski definition) is 4. The highest BCUT2D eigenvalue weighted by Gasteiger charge is 2.46. The van der Waals surface area contributed by atoms with Crippen molar-refractivity contribution < 1.29 is 24.3 Å². The molecule has 8 heteroatoms. The van der Waals surface area contributed by atoms with Crippen molar-refractivity contribution in [1.29, 1.82) is 0 Å². The van der Waals surface area contributed by atoms with Crippen molar-refractivity contribution in [3.05, 3.63) is 0 Å². The molecule has 1 heterocycles.